The molecule has 0 saturated heterocycles. The molecular weight excluding hydrogens is 196 g/mol. The van der Waals surface area contributed by atoms with Crippen LogP contribution in [0.25, 0.3) is 12.2 Å². The molecule has 2 heteroatoms. The lowest BCUT2D eigenvalue weighted by molar-refractivity contribution is 1.25. The third-order valence-corrected chi connectivity index (χ3v) is 2.71. The van der Waals surface area contributed by atoms with Crippen LogP contribution in [0.4, 0.5) is 0 Å². The van der Waals surface area contributed by atoms with E-state index in [0.29, 0.717) is 0 Å². The van der Waals surface area contributed by atoms with Crippen molar-refractivity contribution in [3.63, 3.8) is 0 Å². The second-order valence-corrected chi connectivity index (χ2v) is 4.11. The smallest absolute Gasteiger partial charge is 0.0929 e. The molecule has 0 aliphatic heterocycles. The number of nitrogens with zero attached hydrogens (tertiary/aromatic N) is 1. The lowest BCUT2D eigenvalue weighted by atomic mass is 10.1. The molecule has 0 aliphatic rings. The largest absolute Gasteiger partial charge is 0.348 e. The zero-order valence-electron chi connectivity index (χ0n) is 9.91. The summed E-state index contributed by atoms with van der Waals surface area (Å²) < 4.78 is 0. The molecule has 82 valence electrons. The van der Waals surface area contributed by atoms with E-state index in [2.05, 4.69) is 48.1 Å². The first-order valence-electron chi connectivity index (χ1n) is 5.42. The molecule has 0 fully saturated rings. The quantitative estimate of drug-likeness (QED) is 0.810. The summed E-state index contributed by atoms with van der Waals surface area (Å²) in [5, 5.41) is 0. The standard InChI is InChI=1S/C14H16N2/c1-10-4-5-13(11(2)8-10)6-7-14-12(3)15-9-16-14/h4-9H,1-3H3,(H,15,16)/b7-6+. The summed E-state index contributed by atoms with van der Waals surface area (Å²) in [6, 6.07) is 6.46. The predicted octanol–water partition coefficient (Wildman–Crippen LogP) is 3.51. The summed E-state index contributed by atoms with van der Waals surface area (Å²) >= 11 is 0. The molecule has 1 heterocycles. The van der Waals surface area contributed by atoms with Crippen LogP contribution in [0.5, 0.6) is 0 Å². The molecule has 0 atom stereocenters. The Kier molecular flexibility index (Phi) is 2.91. The highest BCUT2D eigenvalue weighted by Gasteiger charge is 1.97. The molecule has 0 amide bonds. The van der Waals surface area contributed by atoms with Crippen LogP contribution >= 0.6 is 0 Å². The molecule has 0 unspecified atom stereocenters. The van der Waals surface area contributed by atoms with Gasteiger partial charge in [0.05, 0.1) is 12.0 Å². The van der Waals surface area contributed by atoms with Gasteiger partial charge in [0.2, 0.25) is 0 Å². The summed E-state index contributed by atoms with van der Waals surface area (Å²) in [6.07, 6.45) is 5.87. The molecule has 0 bridgehead atoms. The fourth-order valence-corrected chi connectivity index (χ4v) is 1.72. The van der Waals surface area contributed by atoms with Gasteiger partial charge in [0.1, 0.15) is 0 Å². The fraction of sp³-hybridized carbons (Fsp3) is 0.214. The number of hydrogen-bond acceptors (Lipinski definition) is 1. The first kappa shape index (κ1) is 10.7. The van der Waals surface area contributed by atoms with Crippen LogP contribution in [0.1, 0.15) is 28.1 Å². The molecule has 0 aliphatic carbocycles. The van der Waals surface area contributed by atoms with E-state index in [0.717, 1.165) is 11.4 Å². The van der Waals surface area contributed by atoms with Gasteiger partial charge < -0.3 is 4.98 Å². The third-order valence-electron chi connectivity index (χ3n) is 2.71. The van der Waals surface area contributed by atoms with Crippen LogP contribution in [0.3, 0.4) is 0 Å². The van der Waals surface area contributed by atoms with Crippen molar-refractivity contribution in [2.45, 2.75) is 20.8 Å². The Hall–Kier alpha value is -1.83. The fourth-order valence-electron chi connectivity index (χ4n) is 1.72. The molecular formula is C14H16N2. The van der Waals surface area contributed by atoms with E-state index in [1.165, 1.54) is 16.7 Å². The zero-order valence-corrected chi connectivity index (χ0v) is 9.91. The first-order valence-corrected chi connectivity index (χ1v) is 5.42. The molecule has 1 N–H and O–H groups in total. The number of aromatic amines is 1. The van der Waals surface area contributed by atoms with Crippen molar-refractivity contribution in [3.05, 3.63) is 52.6 Å². The van der Waals surface area contributed by atoms with Gasteiger partial charge in [-0.15, -0.1) is 0 Å². The monoisotopic (exact) mass is 212 g/mol. The molecule has 2 aromatic rings. The summed E-state index contributed by atoms with van der Waals surface area (Å²) in [5.41, 5.74) is 5.93. The first-order chi connectivity index (χ1) is 7.66. The van der Waals surface area contributed by atoms with Crippen LogP contribution in [0, 0.1) is 20.8 Å². The predicted molar refractivity (Wildman–Crippen MR) is 68.2 cm³/mol. The number of hydrogen-bond donors (Lipinski definition) is 1. The van der Waals surface area contributed by atoms with E-state index in [9.17, 15) is 0 Å². The number of nitrogens with one attached hydrogen (secondary N) is 1. The van der Waals surface area contributed by atoms with Crippen molar-refractivity contribution < 1.29 is 0 Å². The number of benzene rings is 1. The maximum atomic E-state index is 4.24. The Morgan fingerprint density at radius 2 is 1.94 bits per heavy atom. The van der Waals surface area contributed by atoms with Crippen LogP contribution in [-0.4, -0.2) is 9.97 Å². The second-order valence-electron chi connectivity index (χ2n) is 4.11. The molecule has 1 aromatic heterocycles. The third kappa shape index (κ3) is 2.22. The maximum absolute atomic E-state index is 4.24. The van der Waals surface area contributed by atoms with Crippen molar-refractivity contribution in [2.75, 3.05) is 0 Å². The molecule has 2 nitrogen and oxygen atoms in total. The minimum atomic E-state index is 1.000. The summed E-state index contributed by atoms with van der Waals surface area (Å²) in [4.78, 5) is 7.30. The summed E-state index contributed by atoms with van der Waals surface area (Å²) in [5.74, 6) is 0. The van der Waals surface area contributed by atoms with E-state index in [1.807, 2.05) is 13.0 Å². The zero-order chi connectivity index (χ0) is 11.5. The van der Waals surface area contributed by atoms with Gasteiger partial charge in [-0.25, -0.2) is 4.98 Å². The normalized spacial score (nSPS) is 11.2. The highest BCUT2D eigenvalue weighted by molar-refractivity contribution is 5.70. The van der Waals surface area contributed by atoms with Gasteiger partial charge in [-0.3, -0.25) is 0 Å². The van der Waals surface area contributed by atoms with Gasteiger partial charge in [0, 0.05) is 5.69 Å². The molecule has 16 heavy (non-hydrogen) atoms. The van der Waals surface area contributed by atoms with Gasteiger partial charge in [-0.1, -0.05) is 29.8 Å². The Labute approximate surface area is 96.1 Å². The van der Waals surface area contributed by atoms with Crippen LogP contribution in [0.2, 0.25) is 0 Å². The molecule has 0 radical (unpaired) electrons. The SMILES string of the molecule is Cc1ccc(/C=C/c2nc[nH]c2C)c(C)c1. The van der Waals surface area contributed by atoms with Gasteiger partial charge >= 0.3 is 0 Å². The highest BCUT2D eigenvalue weighted by atomic mass is 14.9. The Balaban J connectivity index is 2.27. The lowest BCUT2D eigenvalue weighted by Gasteiger charge is -2.01. The number of imidazole rings is 1. The Morgan fingerprint density at radius 3 is 2.56 bits per heavy atom. The molecule has 1 aromatic carbocycles. The minimum Gasteiger partial charge on any atom is -0.348 e. The number of aryl methyl sites for hydroxylation is 3. The van der Waals surface area contributed by atoms with E-state index in [1.54, 1.807) is 6.33 Å². The van der Waals surface area contributed by atoms with Crippen molar-refractivity contribution >= 4 is 12.2 Å². The topological polar surface area (TPSA) is 28.7 Å². The second kappa shape index (κ2) is 4.35. The summed E-state index contributed by atoms with van der Waals surface area (Å²) in [6.45, 7) is 6.26. The van der Waals surface area contributed by atoms with E-state index < -0.39 is 0 Å². The number of H-pyrrole nitrogens is 1. The van der Waals surface area contributed by atoms with Crippen LogP contribution < -0.4 is 0 Å². The Bertz CT molecular complexity index is 521. The average molecular weight is 212 g/mol. The Morgan fingerprint density at radius 1 is 1.12 bits per heavy atom. The number of aromatic nitrogens is 2. The van der Waals surface area contributed by atoms with Crippen molar-refractivity contribution in [2.24, 2.45) is 0 Å². The highest BCUT2D eigenvalue weighted by Crippen LogP contribution is 2.14. The average Bonchev–Trinajstić information content (AvgIpc) is 2.63. The van der Waals surface area contributed by atoms with Gasteiger partial charge in [0.15, 0.2) is 0 Å². The van der Waals surface area contributed by atoms with Gasteiger partial charge in [-0.2, -0.15) is 0 Å². The van der Waals surface area contributed by atoms with E-state index in [4.69, 9.17) is 0 Å². The molecule has 0 saturated carbocycles. The van der Waals surface area contributed by atoms with Crippen LogP contribution in [0.15, 0.2) is 24.5 Å². The van der Waals surface area contributed by atoms with Gasteiger partial charge in [0.25, 0.3) is 0 Å². The summed E-state index contributed by atoms with van der Waals surface area (Å²) in [7, 11) is 0. The minimum absolute atomic E-state index is 1.000. The van der Waals surface area contributed by atoms with Crippen LogP contribution in [-0.2, 0) is 0 Å². The van der Waals surface area contributed by atoms with Crippen molar-refractivity contribution in [3.8, 4) is 0 Å². The van der Waals surface area contributed by atoms with Crippen molar-refractivity contribution in [1.29, 1.82) is 0 Å². The number of rotatable bonds is 2. The molecule has 2 rings (SSSR count). The van der Waals surface area contributed by atoms with E-state index in [-0.39, 0.29) is 0 Å². The lowest BCUT2D eigenvalue weighted by Crippen LogP contribution is -1.82. The van der Waals surface area contributed by atoms with Crippen molar-refractivity contribution in [1.82, 2.24) is 9.97 Å². The maximum Gasteiger partial charge on any atom is 0.0929 e. The van der Waals surface area contributed by atoms with E-state index >= 15 is 0 Å². The van der Waals surface area contributed by atoms with Gasteiger partial charge in [-0.05, 0) is 38.0 Å². The molecule has 0 spiro atoms.